The molecule has 0 aliphatic heterocycles. The molecule has 90 valence electrons. The van der Waals surface area contributed by atoms with Crippen LogP contribution in [0.3, 0.4) is 0 Å². The van der Waals surface area contributed by atoms with Crippen LogP contribution in [0.2, 0.25) is 0 Å². The number of benzene rings is 1. The van der Waals surface area contributed by atoms with Gasteiger partial charge in [0.25, 0.3) is 0 Å². The minimum absolute atomic E-state index is 0.222. The van der Waals surface area contributed by atoms with Gasteiger partial charge in [-0.3, -0.25) is 0 Å². The molecule has 5 heteroatoms. The van der Waals surface area contributed by atoms with Gasteiger partial charge < -0.3 is 9.47 Å². The molecule has 0 spiro atoms. The van der Waals surface area contributed by atoms with Crippen molar-refractivity contribution in [1.29, 1.82) is 0 Å². The molecule has 2 rings (SSSR count). The highest BCUT2D eigenvalue weighted by Gasteiger charge is 2.19. The van der Waals surface area contributed by atoms with Gasteiger partial charge in [0, 0.05) is 5.39 Å². The summed E-state index contributed by atoms with van der Waals surface area (Å²) in [6.45, 7) is 1.53. The van der Waals surface area contributed by atoms with Gasteiger partial charge in [0.15, 0.2) is 5.82 Å². The zero-order chi connectivity index (χ0) is 12.6. The Morgan fingerprint density at radius 1 is 1.35 bits per heavy atom. The van der Waals surface area contributed by atoms with Crippen LogP contribution in [-0.4, -0.2) is 24.9 Å². The molecule has 17 heavy (non-hydrogen) atoms. The Labute approximate surface area is 97.5 Å². The second-order valence-corrected chi connectivity index (χ2v) is 3.59. The van der Waals surface area contributed by atoms with E-state index in [-0.39, 0.29) is 5.69 Å². The summed E-state index contributed by atoms with van der Waals surface area (Å²) in [5.74, 6) is 0.0997. The van der Waals surface area contributed by atoms with Gasteiger partial charge in [-0.25, -0.2) is 13.8 Å². The summed E-state index contributed by atoms with van der Waals surface area (Å²) < 4.78 is 24.8. The molecule has 0 bridgehead atoms. The van der Waals surface area contributed by atoms with E-state index in [1.807, 2.05) is 0 Å². The quantitative estimate of drug-likeness (QED) is 0.765. The Bertz CT molecular complexity index is 589. The van der Waals surface area contributed by atoms with Gasteiger partial charge in [0.2, 0.25) is 0 Å². The predicted octanol–water partition coefficient (Wildman–Crippen LogP) is 2.71. The van der Waals surface area contributed by atoms with Gasteiger partial charge >= 0.3 is 6.09 Å². The van der Waals surface area contributed by atoms with Crippen molar-refractivity contribution < 1.29 is 18.7 Å². The molecule has 4 nitrogen and oxygen atoms in total. The van der Waals surface area contributed by atoms with Crippen LogP contribution in [0.25, 0.3) is 10.9 Å². The second kappa shape index (κ2) is 4.08. The first-order valence-corrected chi connectivity index (χ1v) is 5.03. The third kappa shape index (κ3) is 1.63. The monoisotopic (exact) mass is 237 g/mol. The number of rotatable bonds is 1. The SMILES string of the molecule is COC(=O)n1c(C)c(F)c2cc(OC)ccc21. The summed E-state index contributed by atoms with van der Waals surface area (Å²) in [7, 11) is 2.76. The largest absolute Gasteiger partial charge is 0.497 e. The lowest BCUT2D eigenvalue weighted by atomic mass is 10.2. The van der Waals surface area contributed by atoms with Crippen LogP contribution in [0.4, 0.5) is 9.18 Å². The molecule has 0 N–H and O–H groups in total. The van der Waals surface area contributed by atoms with Crippen molar-refractivity contribution in [2.45, 2.75) is 6.92 Å². The van der Waals surface area contributed by atoms with Crippen molar-refractivity contribution in [3.05, 3.63) is 29.7 Å². The number of aromatic nitrogens is 1. The van der Waals surface area contributed by atoms with Gasteiger partial charge in [-0.15, -0.1) is 0 Å². The van der Waals surface area contributed by atoms with Crippen LogP contribution >= 0.6 is 0 Å². The number of hydrogen-bond donors (Lipinski definition) is 0. The number of ether oxygens (including phenoxy) is 2. The van der Waals surface area contributed by atoms with Crippen LogP contribution in [0, 0.1) is 12.7 Å². The summed E-state index contributed by atoms with van der Waals surface area (Å²) in [6.07, 6.45) is -0.610. The summed E-state index contributed by atoms with van der Waals surface area (Å²) in [5.41, 5.74) is 0.688. The molecule has 0 aliphatic carbocycles. The summed E-state index contributed by atoms with van der Waals surface area (Å²) in [5, 5.41) is 0.340. The normalized spacial score (nSPS) is 10.6. The fourth-order valence-electron chi connectivity index (χ4n) is 1.81. The van der Waals surface area contributed by atoms with E-state index in [1.54, 1.807) is 18.2 Å². The third-order valence-electron chi connectivity index (χ3n) is 2.69. The van der Waals surface area contributed by atoms with Crippen LogP contribution in [-0.2, 0) is 4.74 Å². The molecule has 2 aromatic rings. The molecule has 0 atom stereocenters. The number of fused-ring (bicyclic) bond motifs is 1. The highest BCUT2D eigenvalue weighted by molar-refractivity contribution is 5.92. The molecule has 0 aliphatic rings. The van der Waals surface area contributed by atoms with E-state index in [0.29, 0.717) is 16.7 Å². The molecule has 0 saturated heterocycles. The summed E-state index contributed by atoms with van der Waals surface area (Å²) in [4.78, 5) is 11.6. The van der Waals surface area contributed by atoms with Gasteiger partial charge in [-0.2, -0.15) is 0 Å². The fraction of sp³-hybridized carbons (Fsp3) is 0.250. The zero-order valence-electron chi connectivity index (χ0n) is 9.78. The average Bonchev–Trinajstić information content (AvgIpc) is 2.61. The third-order valence-corrected chi connectivity index (χ3v) is 2.69. The highest BCUT2D eigenvalue weighted by Crippen LogP contribution is 2.28. The van der Waals surface area contributed by atoms with E-state index in [9.17, 15) is 9.18 Å². The van der Waals surface area contributed by atoms with Crippen LogP contribution < -0.4 is 4.74 Å². The van der Waals surface area contributed by atoms with Crippen LogP contribution in [0.15, 0.2) is 18.2 Å². The smallest absolute Gasteiger partial charge is 0.418 e. The molecule has 1 aromatic heterocycles. The van der Waals surface area contributed by atoms with Crippen molar-refractivity contribution in [1.82, 2.24) is 4.57 Å². The minimum Gasteiger partial charge on any atom is -0.497 e. The summed E-state index contributed by atoms with van der Waals surface area (Å²) >= 11 is 0. The maximum Gasteiger partial charge on any atom is 0.418 e. The molecular weight excluding hydrogens is 225 g/mol. The molecule has 0 amide bonds. The number of halogens is 1. The number of carbonyl (C=O) groups is 1. The number of carbonyl (C=O) groups excluding carboxylic acids is 1. The minimum atomic E-state index is -0.610. The lowest BCUT2D eigenvalue weighted by Gasteiger charge is -2.04. The van der Waals surface area contributed by atoms with Crippen molar-refractivity contribution in [3.8, 4) is 5.75 Å². The van der Waals surface area contributed by atoms with E-state index in [4.69, 9.17) is 4.74 Å². The second-order valence-electron chi connectivity index (χ2n) is 3.59. The first kappa shape index (κ1) is 11.4. The van der Waals surface area contributed by atoms with Gasteiger partial charge in [-0.1, -0.05) is 0 Å². The van der Waals surface area contributed by atoms with Crippen molar-refractivity contribution in [2.24, 2.45) is 0 Å². The Morgan fingerprint density at radius 3 is 2.65 bits per heavy atom. The van der Waals surface area contributed by atoms with Crippen molar-refractivity contribution in [2.75, 3.05) is 14.2 Å². The first-order chi connectivity index (χ1) is 8.10. The maximum absolute atomic E-state index is 13.9. The average molecular weight is 237 g/mol. The summed E-state index contributed by atoms with van der Waals surface area (Å²) in [6, 6.07) is 4.85. The van der Waals surface area contributed by atoms with E-state index in [2.05, 4.69) is 4.74 Å². The lowest BCUT2D eigenvalue weighted by Crippen LogP contribution is -2.12. The Morgan fingerprint density at radius 2 is 2.06 bits per heavy atom. The van der Waals surface area contributed by atoms with Crippen molar-refractivity contribution >= 4 is 17.0 Å². The van der Waals surface area contributed by atoms with Crippen LogP contribution in [0.1, 0.15) is 5.69 Å². The Kier molecular flexibility index (Phi) is 2.75. The number of nitrogens with zero attached hydrogens (tertiary/aromatic N) is 1. The van der Waals surface area contributed by atoms with Gasteiger partial charge in [-0.05, 0) is 25.1 Å². The zero-order valence-corrected chi connectivity index (χ0v) is 9.78. The molecule has 1 heterocycles. The molecule has 0 unspecified atom stereocenters. The van der Waals surface area contributed by atoms with E-state index in [0.717, 1.165) is 0 Å². The number of methoxy groups -OCH3 is 2. The predicted molar refractivity (Wildman–Crippen MR) is 61.0 cm³/mol. The van der Waals surface area contributed by atoms with Gasteiger partial charge in [0.05, 0.1) is 25.4 Å². The maximum atomic E-state index is 13.9. The van der Waals surface area contributed by atoms with Crippen molar-refractivity contribution in [3.63, 3.8) is 0 Å². The molecular formula is C12H12FNO3. The van der Waals surface area contributed by atoms with E-state index < -0.39 is 11.9 Å². The fourth-order valence-corrected chi connectivity index (χ4v) is 1.81. The first-order valence-electron chi connectivity index (χ1n) is 5.03. The van der Waals surface area contributed by atoms with E-state index in [1.165, 1.54) is 25.7 Å². The van der Waals surface area contributed by atoms with E-state index >= 15 is 0 Å². The molecule has 0 fully saturated rings. The molecule has 1 aromatic carbocycles. The van der Waals surface area contributed by atoms with Crippen LogP contribution in [0.5, 0.6) is 5.75 Å². The van der Waals surface area contributed by atoms with Gasteiger partial charge in [0.1, 0.15) is 5.75 Å². The molecule has 0 saturated carbocycles. The topological polar surface area (TPSA) is 40.5 Å². The lowest BCUT2D eigenvalue weighted by molar-refractivity contribution is 0.173. The Balaban J connectivity index is 2.78. The standard InChI is InChI=1S/C12H12FNO3/c1-7-11(13)9-6-8(16-2)4-5-10(9)14(7)12(15)17-3/h4-6H,1-3H3. The Hall–Kier alpha value is -2.04. The molecule has 0 radical (unpaired) electrons. The highest BCUT2D eigenvalue weighted by atomic mass is 19.1. The number of hydrogen-bond acceptors (Lipinski definition) is 3.